The van der Waals surface area contributed by atoms with Crippen LogP contribution in [-0.2, 0) is 5.16 Å². The summed E-state index contributed by atoms with van der Waals surface area (Å²) in [6.07, 6.45) is 5.59. The molecular formula is C30H24ClP. The lowest BCUT2D eigenvalue weighted by Gasteiger charge is -2.36. The van der Waals surface area contributed by atoms with Crippen LogP contribution in [-0.4, -0.2) is 6.16 Å². The lowest BCUT2D eigenvalue weighted by molar-refractivity contribution is 0.930. The number of benzene rings is 4. The zero-order valence-corrected chi connectivity index (χ0v) is 19.4. The number of hydrogen-bond acceptors (Lipinski definition) is 0. The first-order chi connectivity index (χ1) is 15.8. The van der Waals surface area contributed by atoms with Crippen LogP contribution in [0.1, 0.15) is 22.3 Å². The summed E-state index contributed by atoms with van der Waals surface area (Å²) in [4.78, 5) is 0. The van der Waals surface area contributed by atoms with E-state index in [9.17, 15) is 0 Å². The molecule has 1 heterocycles. The Morgan fingerprint density at radius 2 is 1.00 bits per heavy atom. The Kier molecular flexibility index (Phi) is 6.08. The summed E-state index contributed by atoms with van der Waals surface area (Å²) in [6.45, 7) is 0. The summed E-state index contributed by atoms with van der Waals surface area (Å²) in [6, 6.07) is 42.8. The average molecular weight is 451 g/mol. The fourth-order valence-corrected chi connectivity index (χ4v) is 7.54. The molecule has 0 bridgehead atoms. The normalized spacial score (nSPS) is 17.7. The van der Waals surface area contributed by atoms with Crippen LogP contribution in [0.2, 0.25) is 0 Å². The summed E-state index contributed by atoms with van der Waals surface area (Å²) in [5.74, 6) is 0. The fourth-order valence-electron chi connectivity index (χ4n) is 4.47. The summed E-state index contributed by atoms with van der Waals surface area (Å²) >= 11 is 7.49. The molecule has 1 aliphatic heterocycles. The Hall–Kier alpha value is -2.92. The van der Waals surface area contributed by atoms with Gasteiger partial charge < -0.3 is 0 Å². The molecule has 0 spiro atoms. The smallest absolute Gasteiger partial charge is 0.0733 e. The van der Waals surface area contributed by atoms with E-state index in [1.165, 1.54) is 33.4 Å². The number of halogens is 1. The van der Waals surface area contributed by atoms with E-state index in [0.29, 0.717) is 0 Å². The highest BCUT2D eigenvalue weighted by Gasteiger charge is 2.41. The summed E-state index contributed by atoms with van der Waals surface area (Å²) < 4.78 is 0. The molecular weight excluding hydrogens is 427 g/mol. The maximum absolute atomic E-state index is 7.49. The quantitative estimate of drug-likeness (QED) is 0.272. The minimum Gasteiger partial charge on any atom is -0.0944 e. The maximum atomic E-state index is 7.49. The minimum atomic E-state index is -0.971. The van der Waals surface area contributed by atoms with Crippen molar-refractivity contribution in [2.75, 3.05) is 6.16 Å². The molecule has 1 aliphatic rings. The second kappa shape index (κ2) is 9.29. The average Bonchev–Trinajstić information content (AvgIpc) is 3.03. The topological polar surface area (TPSA) is 0 Å². The monoisotopic (exact) mass is 450 g/mol. The summed E-state index contributed by atoms with van der Waals surface area (Å²) in [5, 5.41) is -0.391. The predicted molar refractivity (Wildman–Crippen MR) is 140 cm³/mol. The van der Waals surface area contributed by atoms with Gasteiger partial charge >= 0.3 is 0 Å². The molecule has 0 nitrogen and oxygen atoms in total. The molecule has 0 saturated heterocycles. The number of allylic oxidation sites excluding steroid dienone is 4. The van der Waals surface area contributed by atoms with Crippen molar-refractivity contribution in [1.29, 1.82) is 0 Å². The van der Waals surface area contributed by atoms with Gasteiger partial charge in [0.05, 0.1) is 5.16 Å². The van der Waals surface area contributed by atoms with Gasteiger partial charge in [0.2, 0.25) is 0 Å². The SMILES string of the molecule is ClP1CC(c2ccccc2)=CC(c2ccccc2)=CC1(c1ccccc1)c1ccccc1. The zero-order chi connectivity index (χ0) is 21.8. The van der Waals surface area contributed by atoms with Crippen LogP contribution < -0.4 is 0 Å². The van der Waals surface area contributed by atoms with Crippen molar-refractivity contribution in [1.82, 2.24) is 0 Å². The third kappa shape index (κ3) is 3.97. The van der Waals surface area contributed by atoms with Gasteiger partial charge in [-0.05, 0) is 33.4 Å². The Bertz CT molecular complexity index is 1190. The summed E-state index contributed by atoms with van der Waals surface area (Å²) in [5.41, 5.74) is 7.42. The van der Waals surface area contributed by atoms with E-state index in [-0.39, 0.29) is 0 Å². The van der Waals surface area contributed by atoms with Crippen molar-refractivity contribution < 1.29 is 0 Å². The molecule has 2 heteroatoms. The molecule has 4 aromatic rings. The number of rotatable bonds is 4. The molecule has 1 atom stereocenters. The van der Waals surface area contributed by atoms with Gasteiger partial charge in [0.25, 0.3) is 0 Å². The minimum absolute atomic E-state index is 0.391. The van der Waals surface area contributed by atoms with Gasteiger partial charge in [-0.3, -0.25) is 0 Å². The van der Waals surface area contributed by atoms with Gasteiger partial charge in [-0.15, -0.1) is 0 Å². The standard InChI is InChI=1S/C30H24ClP/c31-32-23-27(25-15-7-2-8-16-25)21-26(24-13-5-1-6-14-24)22-30(32,28-17-9-3-10-18-28)29-19-11-4-12-20-29/h1-22H,23H2. The molecule has 0 amide bonds. The number of hydrogen-bond donors (Lipinski definition) is 0. The molecule has 156 valence electrons. The first-order valence-electron chi connectivity index (χ1n) is 10.9. The molecule has 32 heavy (non-hydrogen) atoms. The maximum Gasteiger partial charge on any atom is 0.0733 e. The Labute approximate surface area is 196 Å². The first-order valence-corrected chi connectivity index (χ1v) is 13.3. The lowest BCUT2D eigenvalue weighted by atomic mass is 9.86. The highest BCUT2D eigenvalue weighted by atomic mass is 35.7. The van der Waals surface area contributed by atoms with Crippen molar-refractivity contribution in [2.45, 2.75) is 5.16 Å². The molecule has 0 fully saturated rings. The molecule has 1 unspecified atom stereocenters. The summed E-state index contributed by atoms with van der Waals surface area (Å²) in [7, 11) is -0.971. The van der Waals surface area contributed by atoms with Crippen molar-refractivity contribution in [3.05, 3.63) is 156 Å². The van der Waals surface area contributed by atoms with E-state index < -0.39 is 12.4 Å². The molecule has 0 aromatic heterocycles. The van der Waals surface area contributed by atoms with Gasteiger partial charge in [-0.2, -0.15) is 0 Å². The molecule has 0 N–H and O–H groups in total. The Morgan fingerprint density at radius 3 is 1.50 bits per heavy atom. The van der Waals surface area contributed by atoms with Crippen LogP contribution in [0.5, 0.6) is 0 Å². The van der Waals surface area contributed by atoms with Crippen LogP contribution in [0.15, 0.2) is 133 Å². The third-order valence-electron chi connectivity index (χ3n) is 6.07. The zero-order valence-electron chi connectivity index (χ0n) is 17.7. The first kappa shape index (κ1) is 21.0. The molecule has 0 saturated carbocycles. The van der Waals surface area contributed by atoms with Gasteiger partial charge in [0, 0.05) is 13.4 Å². The highest BCUT2D eigenvalue weighted by molar-refractivity contribution is 7.85. The van der Waals surface area contributed by atoms with Crippen LogP contribution >= 0.6 is 18.5 Å². The highest BCUT2D eigenvalue weighted by Crippen LogP contribution is 2.67. The van der Waals surface area contributed by atoms with E-state index in [1.54, 1.807) is 0 Å². The van der Waals surface area contributed by atoms with E-state index in [0.717, 1.165) is 6.16 Å². The van der Waals surface area contributed by atoms with Crippen molar-refractivity contribution in [2.24, 2.45) is 0 Å². The third-order valence-corrected chi connectivity index (χ3v) is 9.25. The van der Waals surface area contributed by atoms with Crippen LogP contribution in [0.4, 0.5) is 0 Å². The van der Waals surface area contributed by atoms with Crippen molar-refractivity contribution in [3.63, 3.8) is 0 Å². The van der Waals surface area contributed by atoms with Gasteiger partial charge in [-0.25, -0.2) is 0 Å². The van der Waals surface area contributed by atoms with Crippen LogP contribution in [0.3, 0.4) is 0 Å². The van der Waals surface area contributed by atoms with Crippen LogP contribution in [0.25, 0.3) is 11.1 Å². The second-order valence-corrected chi connectivity index (χ2v) is 11.0. The lowest BCUT2D eigenvalue weighted by Crippen LogP contribution is -2.23. The van der Waals surface area contributed by atoms with Gasteiger partial charge in [-0.1, -0.05) is 145 Å². The van der Waals surface area contributed by atoms with Gasteiger partial charge in [0.15, 0.2) is 0 Å². The molecule has 4 aromatic carbocycles. The van der Waals surface area contributed by atoms with Gasteiger partial charge in [0.1, 0.15) is 0 Å². The van der Waals surface area contributed by atoms with E-state index in [4.69, 9.17) is 11.2 Å². The van der Waals surface area contributed by atoms with Crippen molar-refractivity contribution >= 4 is 29.7 Å². The van der Waals surface area contributed by atoms with Crippen LogP contribution in [0, 0.1) is 0 Å². The largest absolute Gasteiger partial charge is 0.0944 e. The molecule has 0 aliphatic carbocycles. The molecule has 5 rings (SSSR count). The fraction of sp³-hybridized carbons (Fsp3) is 0.0667. The van der Waals surface area contributed by atoms with E-state index in [2.05, 4.69) is 133 Å². The Balaban J connectivity index is 1.78. The molecule has 0 radical (unpaired) electrons. The Morgan fingerprint density at radius 1 is 0.562 bits per heavy atom. The van der Waals surface area contributed by atoms with E-state index >= 15 is 0 Å². The van der Waals surface area contributed by atoms with E-state index in [1.807, 2.05) is 0 Å². The predicted octanol–water partition coefficient (Wildman–Crippen LogP) is 8.75. The van der Waals surface area contributed by atoms with Crippen molar-refractivity contribution in [3.8, 4) is 0 Å². The second-order valence-electron chi connectivity index (χ2n) is 8.02.